The number of hydrogen-bond acceptors (Lipinski definition) is 7. The van der Waals surface area contributed by atoms with Gasteiger partial charge in [-0.25, -0.2) is 4.79 Å². The van der Waals surface area contributed by atoms with Crippen molar-refractivity contribution < 1.29 is 14.1 Å². The molecule has 0 atom stereocenters. The Bertz CT molecular complexity index is 605. The van der Waals surface area contributed by atoms with E-state index in [1.807, 2.05) is 0 Å². The Hall–Kier alpha value is -2.22. The van der Waals surface area contributed by atoms with E-state index in [0.717, 1.165) is 5.69 Å². The van der Waals surface area contributed by atoms with Gasteiger partial charge in [0, 0.05) is 33.5 Å². The van der Waals surface area contributed by atoms with Crippen LogP contribution in [0.5, 0.6) is 0 Å². The van der Waals surface area contributed by atoms with E-state index in [9.17, 15) is 4.79 Å². The molecule has 0 saturated carbocycles. The van der Waals surface area contributed by atoms with Crippen LogP contribution in [-0.4, -0.2) is 39.0 Å². The van der Waals surface area contributed by atoms with Crippen LogP contribution in [0.15, 0.2) is 10.7 Å². The summed E-state index contributed by atoms with van der Waals surface area (Å²) in [7, 11) is 1.79. The van der Waals surface area contributed by atoms with Crippen LogP contribution < -0.4 is 5.32 Å². The van der Waals surface area contributed by atoms with Crippen LogP contribution in [-0.2, 0) is 24.8 Å². The van der Waals surface area contributed by atoms with Gasteiger partial charge in [-0.15, -0.1) is 0 Å². The van der Waals surface area contributed by atoms with Gasteiger partial charge in [0.1, 0.15) is 5.56 Å². The molecule has 2 rings (SSSR count). The number of esters is 1. The molecule has 0 unspecified atom stereocenters. The van der Waals surface area contributed by atoms with Gasteiger partial charge in [0.05, 0.1) is 18.5 Å². The molecular weight excluding hydrogens is 274 g/mol. The van der Waals surface area contributed by atoms with Crippen LogP contribution >= 0.6 is 0 Å². The second-order valence-electron chi connectivity index (χ2n) is 4.51. The van der Waals surface area contributed by atoms with Crippen molar-refractivity contribution >= 4 is 5.97 Å². The largest absolute Gasteiger partial charge is 0.462 e. The molecule has 0 spiro atoms. The minimum atomic E-state index is -0.351. The molecule has 2 aromatic rings. The SMILES string of the molecule is CCOC(=O)c1cnn(C)c1CNCCc1noc(C)n1. The first-order valence-electron chi connectivity index (χ1n) is 6.79. The predicted octanol–water partition coefficient (Wildman–Crippen LogP) is 0.621. The fourth-order valence-electron chi connectivity index (χ4n) is 1.90. The van der Waals surface area contributed by atoms with Crippen molar-refractivity contribution in [3.63, 3.8) is 0 Å². The van der Waals surface area contributed by atoms with Gasteiger partial charge in [-0.3, -0.25) is 4.68 Å². The summed E-state index contributed by atoms with van der Waals surface area (Å²) in [4.78, 5) is 15.9. The monoisotopic (exact) mass is 293 g/mol. The van der Waals surface area contributed by atoms with Gasteiger partial charge in [-0.2, -0.15) is 10.1 Å². The van der Waals surface area contributed by atoms with E-state index in [0.29, 0.717) is 43.4 Å². The fraction of sp³-hybridized carbons (Fsp3) is 0.538. The number of aryl methyl sites for hydroxylation is 2. The highest BCUT2D eigenvalue weighted by molar-refractivity contribution is 5.90. The third-order valence-corrected chi connectivity index (χ3v) is 2.94. The van der Waals surface area contributed by atoms with Gasteiger partial charge < -0.3 is 14.6 Å². The molecule has 0 aromatic carbocycles. The Kier molecular flexibility index (Phi) is 5.04. The zero-order chi connectivity index (χ0) is 15.2. The lowest BCUT2D eigenvalue weighted by Gasteiger charge is -2.07. The lowest BCUT2D eigenvalue weighted by Crippen LogP contribution is -2.21. The van der Waals surface area contributed by atoms with E-state index in [2.05, 4.69) is 20.6 Å². The molecule has 0 bridgehead atoms. The first kappa shape index (κ1) is 15.2. The van der Waals surface area contributed by atoms with Crippen LogP contribution in [0.1, 0.15) is 34.7 Å². The van der Waals surface area contributed by atoms with Crippen LogP contribution in [0.3, 0.4) is 0 Å². The van der Waals surface area contributed by atoms with Crippen molar-refractivity contribution in [2.45, 2.75) is 26.8 Å². The van der Waals surface area contributed by atoms with Gasteiger partial charge >= 0.3 is 5.97 Å². The quantitative estimate of drug-likeness (QED) is 0.590. The molecule has 2 heterocycles. The second kappa shape index (κ2) is 6.98. The van der Waals surface area contributed by atoms with Crippen molar-refractivity contribution in [2.75, 3.05) is 13.2 Å². The Morgan fingerprint density at radius 1 is 1.52 bits per heavy atom. The molecule has 0 aliphatic rings. The number of rotatable bonds is 7. The zero-order valence-electron chi connectivity index (χ0n) is 12.4. The molecule has 8 nitrogen and oxygen atoms in total. The van der Waals surface area contributed by atoms with Gasteiger partial charge in [0.25, 0.3) is 0 Å². The second-order valence-corrected chi connectivity index (χ2v) is 4.51. The maximum absolute atomic E-state index is 11.8. The summed E-state index contributed by atoms with van der Waals surface area (Å²) in [6.07, 6.45) is 2.18. The molecule has 0 fully saturated rings. The van der Waals surface area contributed by atoms with Crippen molar-refractivity contribution in [1.82, 2.24) is 25.2 Å². The smallest absolute Gasteiger partial charge is 0.341 e. The molecule has 21 heavy (non-hydrogen) atoms. The fourth-order valence-corrected chi connectivity index (χ4v) is 1.90. The lowest BCUT2D eigenvalue weighted by molar-refractivity contribution is 0.0524. The average Bonchev–Trinajstić information content (AvgIpc) is 3.02. The van der Waals surface area contributed by atoms with Crippen LogP contribution in [0.25, 0.3) is 0 Å². The molecule has 0 amide bonds. The van der Waals surface area contributed by atoms with E-state index >= 15 is 0 Å². The minimum Gasteiger partial charge on any atom is -0.462 e. The van der Waals surface area contributed by atoms with E-state index in [-0.39, 0.29) is 5.97 Å². The van der Waals surface area contributed by atoms with Gasteiger partial charge in [0.2, 0.25) is 5.89 Å². The highest BCUT2D eigenvalue weighted by atomic mass is 16.5. The number of nitrogens with one attached hydrogen (secondary N) is 1. The van der Waals surface area contributed by atoms with Gasteiger partial charge in [-0.1, -0.05) is 5.16 Å². The maximum atomic E-state index is 11.8. The lowest BCUT2D eigenvalue weighted by atomic mass is 10.2. The van der Waals surface area contributed by atoms with E-state index < -0.39 is 0 Å². The van der Waals surface area contributed by atoms with Crippen molar-refractivity contribution in [1.29, 1.82) is 0 Å². The zero-order valence-corrected chi connectivity index (χ0v) is 12.4. The maximum Gasteiger partial charge on any atom is 0.341 e. The number of hydrogen-bond donors (Lipinski definition) is 1. The Morgan fingerprint density at radius 3 is 3.00 bits per heavy atom. The van der Waals surface area contributed by atoms with E-state index in [4.69, 9.17) is 9.26 Å². The highest BCUT2D eigenvalue weighted by Crippen LogP contribution is 2.09. The molecule has 0 aliphatic carbocycles. The topological polar surface area (TPSA) is 95.1 Å². The average molecular weight is 293 g/mol. The van der Waals surface area contributed by atoms with Crippen LogP contribution in [0.4, 0.5) is 0 Å². The number of carbonyl (C=O) groups excluding carboxylic acids is 1. The normalized spacial score (nSPS) is 10.8. The third kappa shape index (κ3) is 3.88. The molecule has 114 valence electrons. The van der Waals surface area contributed by atoms with Gasteiger partial charge in [-0.05, 0) is 6.92 Å². The van der Waals surface area contributed by atoms with Gasteiger partial charge in [0.15, 0.2) is 5.82 Å². The van der Waals surface area contributed by atoms with E-state index in [1.165, 1.54) is 6.20 Å². The molecule has 8 heteroatoms. The molecule has 2 aromatic heterocycles. The Morgan fingerprint density at radius 2 is 2.33 bits per heavy atom. The first-order chi connectivity index (χ1) is 10.1. The molecular formula is C13H19N5O3. The van der Waals surface area contributed by atoms with Crippen molar-refractivity contribution in [2.24, 2.45) is 7.05 Å². The summed E-state index contributed by atoms with van der Waals surface area (Å²) in [5.74, 6) is 0.869. The molecule has 1 N–H and O–H groups in total. The highest BCUT2D eigenvalue weighted by Gasteiger charge is 2.16. The molecule has 0 aliphatic heterocycles. The predicted molar refractivity (Wildman–Crippen MR) is 73.6 cm³/mol. The Balaban J connectivity index is 1.88. The summed E-state index contributed by atoms with van der Waals surface area (Å²) < 4.78 is 11.6. The number of aromatic nitrogens is 4. The number of ether oxygens (including phenoxy) is 1. The number of carbonyl (C=O) groups is 1. The summed E-state index contributed by atoms with van der Waals surface area (Å²) in [6, 6.07) is 0. The van der Waals surface area contributed by atoms with Crippen molar-refractivity contribution in [3.8, 4) is 0 Å². The van der Waals surface area contributed by atoms with Crippen molar-refractivity contribution in [3.05, 3.63) is 29.2 Å². The number of nitrogens with zero attached hydrogens (tertiary/aromatic N) is 4. The molecule has 0 radical (unpaired) electrons. The Labute approximate surface area is 122 Å². The summed E-state index contributed by atoms with van der Waals surface area (Å²) >= 11 is 0. The van der Waals surface area contributed by atoms with Crippen LogP contribution in [0, 0.1) is 6.92 Å². The summed E-state index contributed by atoms with van der Waals surface area (Å²) in [6.45, 7) is 5.07. The van der Waals surface area contributed by atoms with E-state index in [1.54, 1.807) is 25.6 Å². The summed E-state index contributed by atoms with van der Waals surface area (Å²) in [5, 5.41) is 11.1. The third-order valence-electron chi connectivity index (χ3n) is 2.94. The summed E-state index contributed by atoms with van der Waals surface area (Å²) in [5.41, 5.74) is 1.28. The standard InChI is InChI=1S/C13H19N5O3/c1-4-20-13(19)10-7-15-18(3)11(10)8-14-6-5-12-16-9(2)21-17-12/h7,14H,4-6,8H2,1-3H3. The molecule has 0 saturated heterocycles. The first-order valence-corrected chi connectivity index (χ1v) is 6.79. The minimum absolute atomic E-state index is 0.345. The van der Waals surface area contributed by atoms with Crippen LogP contribution in [0.2, 0.25) is 0 Å².